The molecular weight excluding hydrogens is 236 g/mol. The van der Waals surface area contributed by atoms with Crippen LogP contribution < -0.4 is 5.73 Å². The number of rotatable bonds is 4. The van der Waals surface area contributed by atoms with E-state index in [2.05, 4.69) is 0 Å². The molecule has 1 rings (SSSR count). The Balaban J connectivity index is 0.00000196. The van der Waals surface area contributed by atoms with Gasteiger partial charge in [-0.1, -0.05) is 12.1 Å². The maximum atomic E-state index is 10.3. The predicted octanol–water partition coefficient (Wildman–Crippen LogP) is 1.57. The summed E-state index contributed by atoms with van der Waals surface area (Å²) in [5.74, 6) is -0.787. The molecule has 0 radical (unpaired) electrons. The van der Waals surface area contributed by atoms with Gasteiger partial charge < -0.3 is 10.8 Å². The van der Waals surface area contributed by atoms with Crippen LogP contribution in [0.15, 0.2) is 29.2 Å². The summed E-state index contributed by atoms with van der Waals surface area (Å²) < 4.78 is 0. The molecule has 4 N–H and O–H groups in total. The number of aliphatic carboxylic acids is 1. The summed E-state index contributed by atoms with van der Waals surface area (Å²) in [6.07, 6.45) is 0. The van der Waals surface area contributed by atoms with E-state index in [1.165, 1.54) is 11.8 Å². The van der Waals surface area contributed by atoms with Crippen molar-refractivity contribution >= 4 is 36.0 Å². The Hall–Kier alpha value is -1.20. The van der Waals surface area contributed by atoms with E-state index in [9.17, 15) is 4.79 Å². The van der Waals surface area contributed by atoms with Gasteiger partial charge in [-0.15, -0.1) is 24.2 Å². The van der Waals surface area contributed by atoms with E-state index in [1.54, 1.807) is 24.3 Å². The molecule has 0 aromatic heterocycles. The fourth-order valence-electron chi connectivity index (χ4n) is 0.876. The molecule has 4 nitrogen and oxygen atoms in total. The lowest BCUT2D eigenvalue weighted by atomic mass is 10.2. The van der Waals surface area contributed by atoms with Gasteiger partial charge in [0.25, 0.3) is 0 Å². The molecule has 0 atom stereocenters. The maximum absolute atomic E-state index is 10.3. The molecule has 0 fully saturated rings. The summed E-state index contributed by atoms with van der Waals surface area (Å²) in [5.41, 5.74) is 5.91. The van der Waals surface area contributed by atoms with Crippen LogP contribution in [0.3, 0.4) is 0 Å². The van der Waals surface area contributed by atoms with Gasteiger partial charge in [0.05, 0.1) is 5.75 Å². The summed E-state index contributed by atoms with van der Waals surface area (Å²) in [7, 11) is 0. The van der Waals surface area contributed by atoms with Gasteiger partial charge in [0.2, 0.25) is 0 Å². The summed E-state index contributed by atoms with van der Waals surface area (Å²) in [4.78, 5) is 11.1. The minimum Gasteiger partial charge on any atom is -0.481 e. The molecule has 0 amide bonds. The standard InChI is InChI=1S/C9H10N2O2S.ClH/c10-9(11)6-1-3-7(4-2-6)14-5-8(12)13;/h1-4H,5H2,(H3,10,11)(H,12,13);1H. The van der Waals surface area contributed by atoms with Crippen molar-refractivity contribution in [3.05, 3.63) is 29.8 Å². The minimum absolute atomic E-state index is 0. The number of carbonyl (C=O) groups is 1. The highest BCUT2D eigenvalue weighted by Gasteiger charge is 2.00. The summed E-state index contributed by atoms with van der Waals surface area (Å²) in [5, 5.41) is 15.6. The number of nitrogens with two attached hydrogens (primary N) is 1. The van der Waals surface area contributed by atoms with Crippen molar-refractivity contribution in [1.29, 1.82) is 5.41 Å². The molecule has 0 bridgehead atoms. The number of thioether (sulfide) groups is 1. The highest BCUT2D eigenvalue weighted by Crippen LogP contribution is 2.17. The monoisotopic (exact) mass is 246 g/mol. The third-order valence-corrected chi connectivity index (χ3v) is 2.52. The van der Waals surface area contributed by atoms with Gasteiger partial charge in [-0.2, -0.15) is 0 Å². The molecule has 0 saturated carbocycles. The first kappa shape index (κ1) is 13.8. The van der Waals surface area contributed by atoms with Crippen LogP contribution in [0.1, 0.15) is 5.56 Å². The Morgan fingerprint density at radius 1 is 1.40 bits per heavy atom. The molecule has 82 valence electrons. The number of carboxylic acids is 1. The zero-order valence-electron chi connectivity index (χ0n) is 7.77. The van der Waals surface area contributed by atoms with Gasteiger partial charge >= 0.3 is 5.97 Å². The molecule has 0 aliphatic carbocycles. The van der Waals surface area contributed by atoms with Crippen molar-refractivity contribution in [2.45, 2.75) is 4.90 Å². The summed E-state index contributed by atoms with van der Waals surface area (Å²) in [6.45, 7) is 0. The van der Waals surface area contributed by atoms with Crippen LogP contribution in [-0.4, -0.2) is 22.7 Å². The minimum atomic E-state index is -0.842. The second kappa shape index (κ2) is 6.31. The summed E-state index contributed by atoms with van der Waals surface area (Å²) in [6, 6.07) is 6.91. The highest BCUT2D eigenvalue weighted by molar-refractivity contribution is 8.00. The molecule has 0 unspecified atom stereocenters. The van der Waals surface area contributed by atoms with Crippen molar-refractivity contribution in [2.24, 2.45) is 5.73 Å². The number of nitrogen functional groups attached to an aromatic ring is 1. The fourth-order valence-corrected chi connectivity index (χ4v) is 1.49. The number of halogens is 1. The normalized spacial score (nSPS) is 9.07. The lowest BCUT2D eigenvalue weighted by Crippen LogP contribution is -2.10. The fraction of sp³-hybridized carbons (Fsp3) is 0.111. The Kier molecular flexibility index (Phi) is 5.81. The van der Waals surface area contributed by atoms with Gasteiger partial charge in [-0.05, 0) is 12.1 Å². The topological polar surface area (TPSA) is 87.2 Å². The second-order valence-electron chi connectivity index (χ2n) is 2.62. The number of benzene rings is 1. The number of hydrogen-bond donors (Lipinski definition) is 3. The van der Waals surface area contributed by atoms with Crippen molar-refractivity contribution in [2.75, 3.05) is 5.75 Å². The first-order chi connectivity index (χ1) is 6.59. The zero-order valence-corrected chi connectivity index (χ0v) is 9.40. The molecule has 0 spiro atoms. The van der Waals surface area contributed by atoms with Gasteiger partial charge in [0.1, 0.15) is 5.84 Å². The van der Waals surface area contributed by atoms with Crippen molar-refractivity contribution in [3.8, 4) is 0 Å². The SMILES string of the molecule is Cl.N=C(N)c1ccc(SCC(=O)O)cc1. The lowest BCUT2D eigenvalue weighted by Gasteiger charge is -2.00. The number of hydrogen-bond acceptors (Lipinski definition) is 3. The number of carboxylic acid groups (broad SMARTS) is 1. The van der Waals surface area contributed by atoms with E-state index < -0.39 is 5.97 Å². The Labute approximate surface area is 97.8 Å². The molecule has 0 heterocycles. The van der Waals surface area contributed by atoms with E-state index in [1.807, 2.05) is 0 Å². The zero-order chi connectivity index (χ0) is 10.6. The average molecular weight is 247 g/mol. The van der Waals surface area contributed by atoms with Crippen molar-refractivity contribution < 1.29 is 9.90 Å². The van der Waals surface area contributed by atoms with E-state index in [0.717, 1.165) is 4.90 Å². The summed E-state index contributed by atoms with van der Waals surface area (Å²) >= 11 is 1.24. The first-order valence-electron chi connectivity index (χ1n) is 3.88. The second-order valence-corrected chi connectivity index (χ2v) is 3.67. The molecule has 6 heteroatoms. The van der Waals surface area contributed by atoms with Crippen LogP contribution in [0.2, 0.25) is 0 Å². The molecule has 15 heavy (non-hydrogen) atoms. The molecule has 0 aliphatic rings. The number of nitrogens with one attached hydrogen (secondary N) is 1. The largest absolute Gasteiger partial charge is 0.481 e. The van der Waals surface area contributed by atoms with Gasteiger partial charge in [-0.25, -0.2) is 0 Å². The van der Waals surface area contributed by atoms with Gasteiger partial charge in [0.15, 0.2) is 0 Å². The maximum Gasteiger partial charge on any atom is 0.313 e. The van der Waals surface area contributed by atoms with Crippen LogP contribution in [0.5, 0.6) is 0 Å². The van der Waals surface area contributed by atoms with Gasteiger partial charge in [0, 0.05) is 10.5 Å². The van der Waals surface area contributed by atoms with E-state index >= 15 is 0 Å². The number of amidine groups is 1. The highest BCUT2D eigenvalue weighted by atomic mass is 35.5. The Morgan fingerprint density at radius 3 is 2.33 bits per heavy atom. The Bertz CT molecular complexity index is 354. The van der Waals surface area contributed by atoms with Crippen LogP contribution in [0.25, 0.3) is 0 Å². The molecular formula is C9H11ClN2O2S. The van der Waals surface area contributed by atoms with Crippen LogP contribution in [0.4, 0.5) is 0 Å². The van der Waals surface area contributed by atoms with Gasteiger partial charge in [-0.3, -0.25) is 10.2 Å². The van der Waals surface area contributed by atoms with E-state index in [-0.39, 0.29) is 24.0 Å². The van der Waals surface area contributed by atoms with Crippen molar-refractivity contribution in [1.82, 2.24) is 0 Å². The molecule has 0 aliphatic heterocycles. The lowest BCUT2D eigenvalue weighted by molar-refractivity contribution is -0.133. The quantitative estimate of drug-likeness (QED) is 0.428. The van der Waals surface area contributed by atoms with Crippen molar-refractivity contribution in [3.63, 3.8) is 0 Å². The van der Waals surface area contributed by atoms with E-state index in [0.29, 0.717) is 5.56 Å². The molecule has 0 saturated heterocycles. The van der Waals surface area contributed by atoms with Crippen LogP contribution in [0, 0.1) is 5.41 Å². The third-order valence-electron chi connectivity index (χ3n) is 1.53. The predicted molar refractivity (Wildman–Crippen MR) is 63.1 cm³/mol. The molecule has 1 aromatic rings. The first-order valence-corrected chi connectivity index (χ1v) is 4.87. The Morgan fingerprint density at radius 2 is 1.93 bits per heavy atom. The molecule has 1 aromatic carbocycles. The van der Waals surface area contributed by atoms with E-state index in [4.69, 9.17) is 16.2 Å². The smallest absolute Gasteiger partial charge is 0.313 e. The van der Waals surface area contributed by atoms with Crippen LogP contribution in [-0.2, 0) is 4.79 Å². The average Bonchev–Trinajstić information content (AvgIpc) is 2.15. The van der Waals surface area contributed by atoms with Crippen LogP contribution >= 0.6 is 24.2 Å². The third kappa shape index (κ3) is 4.71.